The van der Waals surface area contributed by atoms with Crippen LogP contribution in [0.1, 0.15) is 84.0 Å². The van der Waals surface area contributed by atoms with Gasteiger partial charge in [-0.25, -0.2) is 0 Å². The molecule has 2 aliphatic carbocycles. The van der Waals surface area contributed by atoms with Gasteiger partial charge in [0, 0.05) is 5.92 Å². The first-order chi connectivity index (χ1) is 9.33. The third-order valence-electron chi connectivity index (χ3n) is 5.78. The fourth-order valence-electron chi connectivity index (χ4n) is 4.38. The van der Waals surface area contributed by atoms with E-state index in [1.807, 2.05) is 0 Å². The quantitative estimate of drug-likeness (QED) is 0.465. The van der Waals surface area contributed by atoms with E-state index in [1.165, 1.54) is 83.3 Å². The predicted octanol–water partition coefficient (Wildman–Crippen LogP) is 5.38. The molecule has 2 fully saturated rings. The van der Waals surface area contributed by atoms with Crippen molar-refractivity contribution in [3.63, 3.8) is 0 Å². The second kappa shape index (κ2) is 8.07. The molecule has 2 aliphatic rings. The summed E-state index contributed by atoms with van der Waals surface area (Å²) in [4.78, 5) is 10.8. The first-order valence-corrected chi connectivity index (χ1v) is 8.78. The zero-order chi connectivity index (χ0) is 13.5. The van der Waals surface area contributed by atoms with Gasteiger partial charge in [-0.05, 0) is 56.3 Å². The summed E-state index contributed by atoms with van der Waals surface area (Å²) >= 11 is 0. The molecule has 110 valence electrons. The van der Waals surface area contributed by atoms with Crippen LogP contribution in [0.5, 0.6) is 0 Å². The van der Waals surface area contributed by atoms with Crippen molar-refractivity contribution in [1.82, 2.24) is 0 Å². The van der Waals surface area contributed by atoms with E-state index in [-0.39, 0.29) is 0 Å². The van der Waals surface area contributed by atoms with Gasteiger partial charge >= 0.3 is 0 Å². The number of carbonyl (C=O) groups excluding carboxylic acids is 1. The molecule has 0 amide bonds. The third kappa shape index (κ3) is 4.61. The van der Waals surface area contributed by atoms with Crippen molar-refractivity contribution in [2.24, 2.45) is 23.7 Å². The van der Waals surface area contributed by atoms with E-state index in [2.05, 4.69) is 6.92 Å². The lowest BCUT2D eigenvalue weighted by molar-refractivity contribution is -0.112. The van der Waals surface area contributed by atoms with E-state index >= 15 is 0 Å². The van der Waals surface area contributed by atoms with Crippen molar-refractivity contribution < 1.29 is 4.79 Å². The Labute approximate surface area is 119 Å². The Balaban J connectivity index is 1.64. The van der Waals surface area contributed by atoms with Crippen molar-refractivity contribution in [2.45, 2.75) is 84.0 Å². The van der Waals surface area contributed by atoms with Crippen LogP contribution >= 0.6 is 0 Å². The average Bonchev–Trinajstić information content (AvgIpc) is 2.48. The van der Waals surface area contributed by atoms with Gasteiger partial charge in [0.05, 0.1) is 0 Å². The molecule has 0 unspecified atom stereocenters. The summed E-state index contributed by atoms with van der Waals surface area (Å²) in [6.45, 7) is 2.30. The Morgan fingerprint density at radius 3 is 1.95 bits per heavy atom. The van der Waals surface area contributed by atoms with E-state index in [4.69, 9.17) is 0 Å². The molecule has 0 aromatic rings. The maximum atomic E-state index is 10.8. The summed E-state index contributed by atoms with van der Waals surface area (Å²) in [5.41, 5.74) is 0. The van der Waals surface area contributed by atoms with Crippen molar-refractivity contribution >= 4 is 6.29 Å². The monoisotopic (exact) mass is 264 g/mol. The minimum atomic E-state index is 0.390. The fraction of sp³-hybridized carbons (Fsp3) is 0.944. The highest BCUT2D eigenvalue weighted by Crippen LogP contribution is 2.41. The van der Waals surface area contributed by atoms with Crippen LogP contribution in [0.2, 0.25) is 0 Å². The summed E-state index contributed by atoms with van der Waals surface area (Å²) in [5.74, 6) is 3.37. The van der Waals surface area contributed by atoms with Gasteiger partial charge in [0.25, 0.3) is 0 Å². The van der Waals surface area contributed by atoms with Crippen LogP contribution in [-0.4, -0.2) is 6.29 Å². The van der Waals surface area contributed by atoms with Gasteiger partial charge in [0.1, 0.15) is 6.29 Å². The molecule has 1 nitrogen and oxygen atoms in total. The van der Waals surface area contributed by atoms with Crippen molar-refractivity contribution in [3.05, 3.63) is 0 Å². The molecule has 0 bridgehead atoms. The molecule has 0 radical (unpaired) electrons. The van der Waals surface area contributed by atoms with E-state index in [1.54, 1.807) is 0 Å². The zero-order valence-electron chi connectivity index (χ0n) is 12.8. The standard InChI is InChI=1S/C18H32O/c1-2-3-4-5-15-6-10-17(11-7-15)18-12-8-16(14-19)9-13-18/h14-18H,2-13H2,1H3/t15-,16?,17-,18?. The topological polar surface area (TPSA) is 17.1 Å². The van der Waals surface area contributed by atoms with E-state index in [0.717, 1.165) is 17.8 Å². The molecule has 2 rings (SSSR count). The summed E-state index contributed by atoms with van der Waals surface area (Å²) in [6.07, 6.45) is 17.9. The van der Waals surface area contributed by atoms with E-state index in [0.29, 0.717) is 5.92 Å². The van der Waals surface area contributed by atoms with Crippen LogP contribution in [0.25, 0.3) is 0 Å². The fourth-order valence-corrected chi connectivity index (χ4v) is 4.38. The Morgan fingerprint density at radius 1 is 0.842 bits per heavy atom. The van der Waals surface area contributed by atoms with E-state index < -0.39 is 0 Å². The number of unbranched alkanes of at least 4 members (excludes halogenated alkanes) is 2. The molecule has 2 saturated carbocycles. The van der Waals surface area contributed by atoms with Gasteiger partial charge in [-0.15, -0.1) is 0 Å². The SMILES string of the molecule is CCCCC[C@H]1CC[C@H](C2CCC(C=O)CC2)CC1. The maximum absolute atomic E-state index is 10.8. The minimum Gasteiger partial charge on any atom is -0.303 e. The van der Waals surface area contributed by atoms with E-state index in [9.17, 15) is 4.79 Å². The van der Waals surface area contributed by atoms with Crippen molar-refractivity contribution in [3.8, 4) is 0 Å². The molecule has 0 aromatic heterocycles. The largest absolute Gasteiger partial charge is 0.303 e. The lowest BCUT2D eigenvalue weighted by Crippen LogP contribution is -2.26. The van der Waals surface area contributed by atoms with Gasteiger partial charge in [0.2, 0.25) is 0 Å². The molecule has 0 heterocycles. The molecule has 19 heavy (non-hydrogen) atoms. The smallest absolute Gasteiger partial charge is 0.123 e. The first kappa shape index (κ1) is 15.1. The van der Waals surface area contributed by atoms with Gasteiger partial charge in [-0.2, -0.15) is 0 Å². The van der Waals surface area contributed by atoms with Crippen LogP contribution in [0.15, 0.2) is 0 Å². The van der Waals surface area contributed by atoms with Crippen LogP contribution in [-0.2, 0) is 4.79 Å². The first-order valence-electron chi connectivity index (χ1n) is 8.78. The van der Waals surface area contributed by atoms with Gasteiger partial charge in [-0.1, -0.05) is 45.4 Å². The number of aldehydes is 1. The third-order valence-corrected chi connectivity index (χ3v) is 5.78. The molecule has 1 heteroatoms. The van der Waals surface area contributed by atoms with Gasteiger partial charge < -0.3 is 4.79 Å². The maximum Gasteiger partial charge on any atom is 0.123 e. The van der Waals surface area contributed by atoms with Crippen LogP contribution in [0.3, 0.4) is 0 Å². The molecule has 0 aromatic carbocycles. The Kier molecular flexibility index (Phi) is 6.40. The lowest BCUT2D eigenvalue weighted by atomic mass is 9.69. The second-order valence-corrected chi connectivity index (χ2v) is 7.09. The van der Waals surface area contributed by atoms with Crippen molar-refractivity contribution in [1.29, 1.82) is 0 Å². The predicted molar refractivity (Wildman–Crippen MR) is 81.1 cm³/mol. The molecular formula is C18H32O. The number of carbonyl (C=O) groups is 1. The zero-order valence-corrected chi connectivity index (χ0v) is 12.8. The summed E-state index contributed by atoms with van der Waals surface area (Å²) in [5, 5.41) is 0. The number of hydrogen-bond donors (Lipinski definition) is 0. The molecule has 0 N–H and O–H groups in total. The van der Waals surface area contributed by atoms with Crippen LogP contribution in [0, 0.1) is 23.7 Å². The van der Waals surface area contributed by atoms with Crippen LogP contribution in [0.4, 0.5) is 0 Å². The highest BCUT2D eigenvalue weighted by atomic mass is 16.1. The summed E-state index contributed by atoms with van der Waals surface area (Å²) in [7, 11) is 0. The molecule has 0 atom stereocenters. The van der Waals surface area contributed by atoms with Crippen molar-refractivity contribution in [2.75, 3.05) is 0 Å². The Hall–Kier alpha value is -0.330. The van der Waals surface area contributed by atoms with Crippen LogP contribution < -0.4 is 0 Å². The minimum absolute atomic E-state index is 0.390. The molecule has 0 spiro atoms. The number of hydrogen-bond acceptors (Lipinski definition) is 1. The van der Waals surface area contributed by atoms with Gasteiger partial charge in [-0.3, -0.25) is 0 Å². The molecular weight excluding hydrogens is 232 g/mol. The lowest BCUT2D eigenvalue weighted by Gasteiger charge is -2.37. The molecule has 0 saturated heterocycles. The highest BCUT2D eigenvalue weighted by Gasteiger charge is 2.30. The second-order valence-electron chi connectivity index (χ2n) is 7.09. The Bertz CT molecular complexity index is 244. The summed E-state index contributed by atoms with van der Waals surface area (Å²) in [6, 6.07) is 0. The Morgan fingerprint density at radius 2 is 1.42 bits per heavy atom. The number of rotatable bonds is 6. The average molecular weight is 264 g/mol. The highest BCUT2D eigenvalue weighted by molar-refractivity contribution is 5.53. The molecule has 0 aliphatic heterocycles. The normalized spacial score (nSPS) is 36.1. The van der Waals surface area contributed by atoms with Gasteiger partial charge in [0.15, 0.2) is 0 Å². The summed E-state index contributed by atoms with van der Waals surface area (Å²) < 4.78 is 0.